The molecule has 0 bridgehead atoms. The van der Waals surface area contributed by atoms with Crippen molar-refractivity contribution in [3.63, 3.8) is 0 Å². The van der Waals surface area contributed by atoms with Gasteiger partial charge in [-0.2, -0.15) is 0 Å². The summed E-state index contributed by atoms with van der Waals surface area (Å²) < 4.78 is 5.40. The number of aliphatic hydroxyl groups is 1. The van der Waals surface area contributed by atoms with Gasteiger partial charge < -0.3 is 9.84 Å². The van der Waals surface area contributed by atoms with Gasteiger partial charge in [0.15, 0.2) is 0 Å². The highest BCUT2D eigenvalue weighted by atomic mass is 16.5. The van der Waals surface area contributed by atoms with Crippen molar-refractivity contribution in [2.75, 3.05) is 7.11 Å². The zero-order valence-corrected chi connectivity index (χ0v) is 9.55. The van der Waals surface area contributed by atoms with Crippen molar-refractivity contribution in [1.29, 1.82) is 0 Å². The van der Waals surface area contributed by atoms with Crippen LogP contribution in [0.5, 0.6) is 0 Å². The second kappa shape index (κ2) is 3.21. The minimum Gasteiger partial charge on any atom is -0.389 e. The topological polar surface area (TPSA) is 29.5 Å². The molecule has 14 heavy (non-hydrogen) atoms. The minimum absolute atomic E-state index is 0.175. The summed E-state index contributed by atoms with van der Waals surface area (Å²) in [5, 5.41) is 10.5. The van der Waals surface area contributed by atoms with Crippen LogP contribution >= 0.6 is 0 Å². The Hall–Kier alpha value is -0.0800. The predicted molar refractivity (Wildman–Crippen MR) is 56.1 cm³/mol. The van der Waals surface area contributed by atoms with E-state index in [4.69, 9.17) is 4.74 Å². The molecule has 2 heteroatoms. The summed E-state index contributed by atoms with van der Waals surface area (Å²) in [5.74, 6) is 1.15. The lowest BCUT2D eigenvalue weighted by atomic mass is 9.96. The lowest BCUT2D eigenvalue weighted by Crippen LogP contribution is -2.31. The number of fused-ring (bicyclic) bond motifs is 1. The van der Waals surface area contributed by atoms with Crippen molar-refractivity contribution in [2.24, 2.45) is 11.8 Å². The molecule has 1 N–H and O–H groups in total. The largest absolute Gasteiger partial charge is 0.389 e. The van der Waals surface area contributed by atoms with Crippen molar-refractivity contribution in [3.05, 3.63) is 0 Å². The van der Waals surface area contributed by atoms with E-state index in [0.29, 0.717) is 11.8 Å². The third-order valence-electron chi connectivity index (χ3n) is 4.20. The number of rotatable bonds is 3. The van der Waals surface area contributed by atoms with E-state index < -0.39 is 5.60 Å². The third-order valence-corrected chi connectivity index (χ3v) is 4.20. The molecule has 82 valence electrons. The van der Waals surface area contributed by atoms with E-state index in [1.54, 1.807) is 7.11 Å². The molecule has 2 fully saturated rings. The summed E-state index contributed by atoms with van der Waals surface area (Å²) in [7, 11) is 1.73. The normalized spacial score (nSPS) is 42.0. The lowest BCUT2D eigenvalue weighted by molar-refractivity contribution is -0.0362. The van der Waals surface area contributed by atoms with Crippen molar-refractivity contribution in [1.82, 2.24) is 0 Å². The van der Waals surface area contributed by atoms with Crippen LogP contribution in [-0.4, -0.2) is 23.4 Å². The summed E-state index contributed by atoms with van der Waals surface area (Å²) >= 11 is 0. The highest BCUT2D eigenvalue weighted by Crippen LogP contribution is 2.61. The van der Waals surface area contributed by atoms with E-state index in [9.17, 15) is 5.11 Å². The van der Waals surface area contributed by atoms with Gasteiger partial charge in [0.1, 0.15) is 0 Å². The molecule has 0 aromatic heterocycles. The molecular weight excluding hydrogens is 176 g/mol. The van der Waals surface area contributed by atoms with Gasteiger partial charge in [-0.15, -0.1) is 0 Å². The molecule has 0 aromatic rings. The van der Waals surface area contributed by atoms with Crippen LogP contribution in [-0.2, 0) is 4.74 Å². The van der Waals surface area contributed by atoms with Gasteiger partial charge in [-0.25, -0.2) is 0 Å². The number of methoxy groups -OCH3 is 1. The van der Waals surface area contributed by atoms with Crippen LogP contribution in [0.25, 0.3) is 0 Å². The molecule has 2 saturated carbocycles. The van der Waals surface area contributed by atoms with Gasteiger partial charge in [0.05, 0.1) is 11.2 Å². The van der Waals surface area contributed by atoms with Gasteiger partial charge in [-0.3, -0.25) is 0 Å². The smallest absolute Gasteiger partial charge is 0.0738 e. The van der Waals surface area contributed by atoms with E-state index in [-0.39, 0.29) is 5.60 Å². The van der Waals surface area contributed by atoms with Crippen LogP contribution in [0.2, 0.25) is 0 Å². The first kappa shape index (κ1) is 10.4. The molecule has 0 radical (unpaired) electrons. The summed E-state index contributed by atoms with van der Waals surface area (Å²) in [6.07, 6.45) is 5.85. The lowest BCUT2D eigenvalue weighted by Gasteiger charge is -2.26. The summed E-state index contributed by atoms with van der Waals surface area (Å²) in [6, 6.07) is 0. The molecule has 2 rings (SSSR count). The van der Waals surface area contributed by atoms with Crippen molar-refractivity contribution in [3.8, 4) is 0 Å². The Morgan fingerprint density at radius 1 is 1.29 bits per heavy atom. The van der Waals surface area contributed by atoms with Gasteiger partial charge in [-0.05, 0) is 38.5 Å². The SMILES string of the molecule is COC(C)(C)CC1(O)C2CCCCC21. The fraction of sp³-hybridized carbons (Fsp3) is 1.00. The number of hydrogen-bond acceptors (Lipinski definition) is 2. The Morgan fingerprint density at radius 3 is 2.21 bits per heavy atom. The Labute approximate surface area is 86.6 Å². The van der Waals surface area contributed by atoms with E-state index in [1.165, 1.54) is 25.7 Å². The predicted octanol–water partition coefficient (Wildman–Crippen LogP) is 2.35. The average molecular weight is 198 g/mol. The Morgan fingerprint density at radius 2 is 1.79 bits per heavy atom. The third kappa shape index (κ3) is 1.59. The maximum atomic E-state index is 10.5. The quantitative estimate of drug-likeness (QED) is 0.754. The van der Waals surface area contributed by atoms with E-state index in [2.05, 4.69) is 13.8 Å². The van der Waals surface area contributed by atoms with Gasteiger partial charge in [0, 0.05) is 13.5 Å². The molecule has 0 heterocycles. The molecule has 0 saturated heterocycles. The number of hydrogen-bond donors (Lipinski definition) is 1. The molecule has 0 aromatic carbocycles. The first-order chi connectivity index (χ1) is 6.49. The molecule has 2 nitrogen and oxygen atoms in total. The fourth-order valence-corrected chi connectivity index (χ4v) is 3.23. The van der Waals surface area contributed by atoms with Gasteiger partial charge in [0.2, 0.25) is 0 Å². The maximum absolute atomic E-state index is 10.5. The number of ether oxygens (including phenoxy) is 1. The molecule has 2 aliphatic carbocycles. The Balaban J connectivity index is 1.98. The van der Waals surface area contributed by atoms with E-state index >= 15 is 0 Å². The van der Waals surface area contributed by atoms with E-state index in [1.807, 2.05) is 0 Å². The van der Waals surface area contributed by atoms with Crippen LogP contribution in [0.1, 0.15) is 46.0 Å². The summed E-state index contributed by atoms with van der Waals surface area (Å²) in [6.45, 7) is 4.13. The van der Waals surface area contributed by atoms with Crippen molar-refractivity contribution < 1.29 is 9.84 Å². The van der Waals surface area contributed by atoms with E-state index in [0.717, 1.165) is 6.42 Å². The summed E-state index contributed by atoms with van der Waals surface area (Å²) in [5.41, 5.74) is -0.567. The Bertz CT molecular complexity index is 210. The van der Waals surface area contributed by atoms with Crippen LogP contribution in [0, 0.1) is 11.8 Å². The average Bonchev–Trinajstić information content (AvgIpc) is 2.72. The molecule has 0 spiro atoms. The monoisotopic (exact) mass is 198 g/mol. The zero-order valence-electron chi connectivity index (χ0n) is 9.55. The standard InChI is InChI=1S/C12H22O2/c1-11(2,14-3)8-12(13)9-6-4-5-7-10(9)12/h9-10,13H,4-8H2,1-3H3. The second-order valence-electron chi connectivity index (χ2n) is 5.63. The molecule has 0 amide bonds. The van der Waals surface area contributed by atoms with Gasteiger partial charge in [-0.1, -0.05) is 12.8 Å². The van der Waals surface area contributed by atoms with Crippen LogP contribution in [0.4, 0.5) is 0 Å². The Kier molecular flexibility index (Phi) is 2.39. The van der Waals surface area contributed by atoms with Gasteiger partial charge >= 0.3 is 0 Å². The highest BCUT2D eigenvalue weighted by molar-refractivity contribution is 5.14. The first-order valence-electron chi connectivity index (χ1n) is 5.77. The molecule has 2 atom stereocenters. The molecule has 2 aliphatic rings. The second-order valence-corrected chi connectivity index (χ2v) is 5.63. The van der Waals surface area contributed by atoms with Crippen LogP contribution in [0.3, 0.4) is 0 Å². The fourth-order valence-electron chi connectivity index (χ4n) is 3.23. The molecule has 0 aliphatic heterocycles. The first-order valence-corrected chi connectivity index (χ1v) is 5.77. The zero-order chi connectivity index (χ0) is 10.4. The minimum atomic E-state index is -0.393. The van der Waals surface area contributed by atoms with Crippen LogP contribution < -0.4 is 0 Å². The molecular formula is C12H22O2. The maximum Gasteiger partial charge on any atom is 0.0738 e. The van der Waals surface area contributed by atoms with Crippen LogP contribution in [0.15, 0.2) is 0 Å². The van der Waals surface area contributed by atoms with Gasteiger partial charge in [0.25, 0.3) is 0 Å². The van der Waals surface area contributed by atoms with Crippen molar-refractivity contribution >= 4 is 0 Å². The molecule has 2 unspecified atom stereocenters. The summed E-state index contributed by atoms with van der Waals surface area (Å²) in [4.78, 5) is 0. The highest BCUT2D eigenvalue weighted by Gasteiger charge is 2.64. The van der Waals surface area contributed by atoms with Crippen molar-refractivity contribution in [2.45, 2.75) is 57.2 Å².